The van der Waals surface area contributed by atoms with Crippen molar-refractivity contribution in [2.24, 2.45) is 0 Å². The highest BCUT2D eigenvalue weighted by molar-refractivity contribution is 8.83. The molecule has 2 aromatic rings. The normalized spacial score (nSPS) is 13.9. The van der Waals surface area contributed by atoms with Gasteiger partial charge in [0.2, 0.25) is 0 Å². The van der Waals surface area contributed by atoms with Gasteiger partial charge in [0, 0.05) is 19.3 Å². The zero-order valence-corrected chi connectivity index (χ0v) is 13.3. The first-order valence-electron chi connectivity index (χ1n) is 6.44. The predicted molar refractivity (Wildman–Crippen MR) is 90.8 cm³/mol. The van der Waals surface area contributed by atoms with E-state index in [0.717, 1.165) is 28.9 Å². The molecule has 5 heteroatoms. The Hall–Kier alpha value is -1.04. The Bertz CT molecular complexity index is 601. The van der Waals surface area contributed by atoms with E-state index in [1.54, 1.807) is 21.6 Å². The molecule has 1 aromatic carbocycles. The van der Waals surface area contributed by atoms with E-state index in [0.29, 0.717) is 0 Å². The monoisotopic (exact) mass is 318 g/mol. The van der Waals surface area contributed by atoms with Crippen LogP contribution < -0.4 is 0 Å². The van der Waals surface area contributed by atoms with Gasteiger partial charge in [0.15, 0.2) is 0 Å². The summed E-state index contributed by atoms with van der Waals surface area (Å²) in [5.41, 5.74) is 2.85. The van der Waals surface area contributed by atoms with Crippen LogP contribution in [-0.2, 0) is 13.0 Å². The van der Waals surface area contributed by atoms with Gasteiger partial charge in [0.1, 0.15) is 9.35 Å². The predicted octanol–water partition coefficient (Wildman–Crippen LogP) is 4.17. The minimum atomic E-state index is 0.921. The topological polar surface area (TPSA) is 16.1 Å². The van der Waals surface area contributed by atoms with E-state index >= 15 is 0 Å². The van der Waals surface area contributed by atoms with E-state index in [2.05, 4.69) is 34.1 Å². The van der Waals surface area contributed by atoms with E-state index in [1.807, 2.05) is 24.4 Å². The van der Waals surface area contributed by atoms with Crippen LogP contribution in [0.4, 0.5) is 0 Å². The number of fused-ring (bicyclic) bond motifs is 1. The summed E-state index contributed by atoms with van der Waals surface area (Å²) in [6.45, 7) is 1.93. The summed E-state index contributed by atoms with van der Waals surface area (Å²) >= 11 is 5.54. The van der Waals surface area contributed by atoms with Crippen molar-refractivity contribution in [1.29, 1.82) is 0 Å². The van der Waals surface area contributed by atoms with Gasteiger partial charge in [0.25, 0.3) is 0 Å². The van der Waals surface area contributed by atoms with Gasteiger partial charge in [-0.15, -0.1) is 0 Å². The van der Waals surface area contributed by atoms with Crippen LogP contribution in [0.15, 0.2) is 53.7 Å². The zero-order chi connectivity index (χ0) is 13.8. The fraction of sp³-hybridized carbons (Fsp3) is 0.200. The van der Waals surface area contributed by atoms with Crippen LogP contribution in [0.1, 0.15) is 11.1 Å². The molecule has 1 aliphatic heterocycles. The molecule has 0 saturated carbocycles. The van der Waals surface area contributed by atoms with Crippen molar-refractivity contribution in [3.05, 3.63) is 59.8 Å². The molecular formula is C15H14N2S3. The first-order valence-corrected chi connectivity index (χ1v) is 9.00. The van der Waals surface area contributed by atoms with Gasteiger partial charge in [-0.2, -0.15) is 0 Å². The second-order valence-electron chi connectivity index (χ2n) is 4.54. The lowest BCUT2D eigenvalue weighted by Gasteiger charge is -2.30. The highest BCUT2D eigenvalue weighted by atomic mass is 33.1. The third-order valence-electron chi connectivity index (χ3n) is 3.22. The Morgan fingerprint density at radius 1 is 1.10 bits per heavy atom. The van der Waals surface area contributed by atoms with E-state index in [4.69, 9.17) is 12.2 Å². The van der Waals surface area contributed by atoms with Crippen LogP contribution >= 0.6 is 33.8 Å². The lowest BCUT2D eigenvalue weighted by atomic mass is 10.0. The van der Waals surface area contributed by atoms with E-state index in [-0.39, 0.29) is 0 Å². The van der Waals surface area contributed by atoms with Crippen LogP contribution in [0.25, 0.3) is 0 Å². The third-order valence-corrected chi connectivity index (χ3v) is 6.18. The van der Waals surface area contributed by atoms with E-state index < -0.39 is 0 Å². The molecule has 0 N–H and O–H groups in total. The van der Waals surface area contributed by atoms with Crippen molar-refractivity contribution in [2.45, 2.75) is 18.0 Å². The number of hydrogen-bond acceptors (Lipinski definition) is 4. The van der Waals surface area contributed by atoms with Gasteiger partial charge in [0.05, 0.1) is 0 Å². The van der Waals surface area contributed by atoms with Gasteiger partial charge in [-0.1, -0.05) is 42.5 Å². The van der Waals surface area contributed by atoms with Gasteiger partial charge in [-0.25, -0.2) is 4.98 Å². The first-order chi connectivity index (χ1) is 9.83. The minimum Gasteiger partial charge on any atom is -0.352 e. The molecule has 2 heterocycles. The summed E-state index contributed by atoms with van der Waals surface area (Å²) in [5, 5.41) is 0.997. The van der Waals surface area contributed by atoms with Crippen LogP contribution in [0.5, 0.6) is 0 Å². The number of thiocarbonyl (C=S) groups is 1. The highest BCUT2D eigenvalue weighted by Crippen LogP contribution is 2.33. The minimum absolute atomic E-state index is 0.921. The largest absolute Gasteiger partial charge is 0.352 e. The molecular weight excluding hydrogens is 304 g/mol. The number of rotatable bonds is 2. The molecule has 0 aliphatic carbocycles. The third kappa shape index (κ3) is 3.34. The van der Waals surface area contributed by atoms with Gasteiger partial charge >= 0.3 is 0 Å². The molecule has 0 spiro atoms. The van der Waals surface area contributed by atoms with Gasteiger partial charge in [-0.3, -0.25) is 0 Å². The summed E-state index contributed by atoms with van der Waals surface area (Å²) in [6.07, 6.45) is 2.88. The molecule has 0 bridgehead atoms. The molecule has 0 saturated heterocycles. The highest BCUT2D eigenvalue weighted by Gasteiger charge is 2.18. The Morgan fingerprint density at radius 3 is 2.70 bits per heavy atom. The summed E-state index contributed by atoms with van der Waals surface area (Å²) in [5.74, 6) is 0. The average Bonchev–Trinajstić information content (AvgIpc) is 2.53. The Morgan fingerprint density at radius 2 is 1.90 bits per heavy atom. The number of nitrogens with zero attached hydrogens (tertiary/aromatic N) is 2. The second-order valence-corrected chi connectivity index (χ2v) is 7.32. The lowest BCUT2D eigenvalue weighted by Crippen LogP contribution is -2.32. The Kier molecular flexibility index (Phi) is 4.60. The lowest BCUT2D eigenvalue weighted by molar-refractivity contribution is 0.407. The summed E-state index contributed by atoms with van der Waals surface area (Å²) in [4.78, 5) is 6.57. The smallest absolute Gasteiger partial charge is 0.147 e. The maximum Gasteiger partial charge on any atom is 0.147 e. The molecule has 20 heavy (non-hydrogen) atoms. The van der Waals surface area contributed by atoms with Gasteiger partial charge < -0.3 is 4.90 Å². The van der Waals surface area contributed by atoms with Crippen molar-refractivity contribution in [3.63, 3.8) is 0 Å². The Labute approximate surface area is 132 Å². The SMILES string of the molecule is S=C(SSc1ccccn1)N1CCc2ccccc2C1. The molecule has 2 nitrogen and oxygen atoms in total. The maximum absolute atomic E-state index is 5.54. The summed E-state index contributed by atoms with van der Waals surface area (Å²) in [6, 6.07) is 14.5. The standard InChI is InChI=1S/C15H14N2S3/c18-15(20-19-14-7-3-4-9-16-14)17-10-8-12-5-1-2-6-13(12)11-17/h1-7,9H,8,10-11H2. The molecule has 0 amide bonds. The molecule has 102 valence electrons. The van der Waals surface area contributed by atoms with Crippen molar-refractivity contribution in [1.82, 2.24) is 9.88 Å². The maximum atomic E-state index is 5.54. The van der Waals surface area contributed by atoms with Crippen molar-refractivity contribution in [3.8, 4) is 0 Å². The second kappa shape index (κ2) is 6.61. The Balaban J connectivity index is 1.59. The molecule has 0 radical (unpaired) electrons. The quantitative estimate of drug-likeness (QED) is 0.608. The van der Waals surface area contributed by atoms with E-state index in [9.17, 15) is 0 Å². The molecule has 3 rings (SSSR count). The average molecular weight is 318 g/mol. The fourth-order valence-corrected chi connectivity index (χ4v) is 4.38. The number of pyridine rings is 1. The van der Waals surface area contributed by atoms with E-state index in [1.165, 1.54) is 11.1 Å². The number of benzene rings is 1. The van der Waals surface area contributed by atoms with Crippen LogP contribution in [-0.4, -0.2) is 20.7 Å². The van der Waals surface area contributed by atoms with Crippen molar-refractivity contribution < 1.29 is 0 Å². The first kappa shape index (κ1) is 13.9. The van der Waals surface area contributed by atoms with Crippen LogP contribution in [0, 0.1) is 0 Å². The molecule has 0 fully saturated rings. The molecule has 0 unspecified atom stereocenters. The zero-order valence-electron chi connectivity index (χ0n) is 10.9. The number of hydrogen-bond donors (Lipinski definition) is 0. The molecule has 0 atom stereocenters. The number of aromatic nitrogens is 1. The molecule has 1 aliphatic rings. The van der Waals surface area contributed by atoms with Crippen molar-refractivity contribution in [2.75, 3.05) is 6.54 Å². The van der Waals surface area contributed by atoms with Crippen molar-refractivity contribution >= 4 is 38.1 Å². The van der Waals surface area contributed by atoms with Crippen LogP contribution in [0.3, 0.4) is 0 Å². The van der Waals surface area contributed by atoms with Crippen LogP contribution in [0.2, 0.25) is 0 Å². The molecule has 1 aromatic heterocycles. The van der Waals surface area contributed by atoms with Gasteiger partial charge in [-0.05, 0) is 51.3 Å². The summed E-state index contributed by atoms with van der Waals surface area (Å²) in [7, 11) is 3.25. The summed E-state index contributed by atoms with van der Waals surface area (Å²) < 4.78 is 0.940. The fourth-order valence-electron chi connectivity index (χ4n) is 2.18.